The maximum atomic E-state index is 11.3. The van der Waals surface area contributed by atoms with Crippen molar-refractivity contribution in [2.75, 3.05) is 5.75 Å². The second kappa shape index (κ2) is 5.09. The zero-order chi connectivity index (χ0) is 13.1. The number of thioether (sulfide) groups is 1. The number of para-hydroxylation sites is 2. The summed E-state index contributed by atoms with van der Waals surface area (Å²) in [5.41, 5.74) is 6.72. The van der Waals surface area contributed by atoms with Gasteiger partial charge in [0.25, 0.3) is 0 Å². The molecule has 0 bridgehead atoms. The fourth-order valence-corrected chi connectivity index (χ4v) is 2.34. The molecule has 0 fully saturated rings. The van der Waals surface area contributed by atoms with Crippen LogP contribution in [0, 0.1) is 0 Å². The average molecular weight is 264 g/mol. The molecular weight excluding hydrogens is 252 g/mol. The first-order valence-corrected chi connectivity index (χ1v) is 6.20. The monoisotopic (exact) mass is 264 g/mol. The minimum absolute atomic E-state index is 0.0973. The van der Waals surface area contributed by atoms with Crippen molar-refractivity contribution in [1.29, 1.82) is 0 Å². The smallest absolute Gasteiger partial charge is 0.318 e. The van der Waals surface area contributed by atoms with Gasteiger partial charge in [-0.25, -0.2) is 9.78 Å². The number of benzene rings is 1. The summed E-state index contributed by atoms with van der Waals surface area (Å²) < 4.78 is 1.90. The molecule has 1 aromatic heterocycles. The SMILES string of the molecule is Cn1c(SCC(=O)NC(N)=O)nc2ccccc21. The first-order valence-electron chi connectivity index (χ1n) is 5.21. The van der Waals surface area contributed by atoms with Crippen molar-refractivity contribution in [3.05, 3.63) is 24.3 Å². The molecule has 94 valence electrons. The van der Waals surface area contributed by atoms with Crippen LogP contribution < -0.4 is 11.1 Å². The van der Waals surface area contributed by atoms with Gasteiger partial charge in [0.15, 0.2) is 5.16 Å². The van der Waals surface area contributed by atoms with Crippen LogP contribution in [0.1, 0.15) is 0 Å². The van der Waals surface area contributed by atoms with E-state index in [4.69, 9.17) is 5.73 Å². The zero-order valence-electron chi connectivity index (χ0n) is 9.71. The zero-order valence-corrected chi connectivity index (χ0v) is 10.5. The van der Waals surface area contributed by atoms with Crippen molar-refractivity contribution in [2.45, 2.75) is 5.16 Å². The number of hydrogen-bond donors (Lipinski definition) is 2. The Morgan fingerprint density at radius 2 is 2.17 bits per heavy atom. The molecule has 3 amide bonds. The Bertz CT molecular complexity index is 608. The van der Waals surface area contributed by atoms with Crippen molar-refractivity contribution in [3.63, 3.8) is 0 Å². The molecule has 0 aliphatic carbocycles. The van der Waals surface area contributed by atoms with E-state index in [1.807, 2.05) is 41.2 Å². The van der Waals surface area contributed by atoms with E-state index in [1.165, 1.54) is 11.8 Å². The number of primary amides is 1. The van der Waals surface area contributed by atoms with Crippen LogP contribution in [0.3, 0.4) is 0 Å². The van der Waals surface area contributed by atoms with E-state index in [1.54, 1.807) is 0 Å². The van der Waals surface area contributed by atoms with Crippen LogP contribution in [-0.2, 0) is 11.8 Å². The number of carbonyl (C=O) groups is 2. The molecule has 0 spiro atoms. The van der Waals surface area contributed by atoms with E-state index in [-0.39, 0.29) is 5.75 Å². The highest BCUT2D eigenvalue weighted by Gasteiger charge is 2.10. The number of carbonyl (C=O) groups excluding carboxylic acids is 2. The van der Waals surface area contributed by atoms with Crippen LogP contribution in [0.2, 0.25) is 0 Å². The molecule has 0 saturated carbocycles. The number of nitrogens with zero attached hydrogens (tertiary/aromatic N) is 2. The lowest BCUT2D eigenvalue weighted by atomic mass is 10.3. The highest BCUT2D eigenvalue weighted by molar-refractivity contribution is 7.99. The summed E-state index contributed by atoms with van der Waals surface area (Å²) in [7, 11) is 1.88. The molecule has 0 aliphatic rings. The highest BCUT2D eigenvalue weighted by Crippen LogP contribution is 2.22. The number of urea groups is 1. The minimum Gasteiger partial charge on any atom is -0.351 e. The number of imide groups is 1. The Morgan fingerprint density at radius 3 is 2.83 bits per heavy atom. The van der Waals surface area contributed by atoms with Crippen molar-refractivity contribution < 1.29 is 9.59 Å². The van der Waals surface area contributed by atoms with Gasteiger partial charge in [0, 0.05) is 7.05 Å². The lowest BCUT2D eigenvalue weighted by Crippen LogP contribution is -2.36. The van der Waals surface area contributed by atoms with Crippen molar-refractivity contribution in [2.24, 2.45) is 12.8 Å². The van der Waals surface area contributed by atoms with Crippen molar-refractivity contribution in [3.8, 4) is 0 Å². The van der Waals surface area contributed by atoms with Crippen LogP contribution in [0.4, 0.5) is 4.79 Å². The van der Waals surface area contributed by atoms with Gasteiger partial charge in [-0.2, -0.15) is 0 Å². The molecule has 3 N–H and O–H groups in total. The number of fused-ring (bicyclic) bond motifs is 1. The Kier molecular flexibility index (Phi) is 3.52. The molecule has 6 nitrogen and oxygen atoms in total. The first kappa shape index (κ1) is 12.4. The van der Waals surface area contributed by atoms with Gasteiger partial charge >= 0.3 is 6.03 Å². The molecule has 1 aromatic carbocycles. The first-order chi connectivity index (χ1) is 8.58. The van der Waals surface area contributed by atoms with Gasteiger partial charge in [0.05, 0.1) is 16.8 Å². The summed E-state index contributed by atoms with van der Waals surface area (Å²) in [6.07, 6.45) is 0. The second-order valence-electron chi connectivity index (χ2n) is 3.64. The number of nitrogens with one attached hydrogen (secondary N) is 1. The van der Waals surface area contributed by atoms with E-state index >= 15 is 0 Å². The number of amides is 3. The summed E-state index contributed by atoms with van der Waals surface area (Å²) in [5.74, 6) is -0.334. The van der Waals surface area contributed by atoms with Crippen LogP contribution in [0.5, 0.6) is 0 Å². The fourth-order valence-electron chi connectivity index (χ4n) is 1.56. The topological polar surface area (TPSA) is 90.0 Å². The summed E-state index contributed by atoms with van der Waals surface area (Å²) in [6.45, 7) is 0. The second-order valence-corrected chi connectivity index (χ2v) is 4.59. The molecular formula is C11H12N4O2S. The van der Waals surface area contributed by atoms with E-state index in [0.717, 1.165) is 16.2 Å². The predicted molar refractivity (Wildman–Crippen MR) is 69.2 cm³/mol. The third-order valence-corrected chi connectivity index (χ3v) is 3.37. The number of hydrogen-bond acceptors (Lipinski definition) is 4. The predicted octanol–water partition coefficient (Wildman–Crippen LogP) is 0.860. The average Bonchev–Trinajstić information content (AvgIpc) is 2.64. The van der Waals surface area contributed by atoms with Gasteiger partial charge in [-0.05, 0) is 12.1 Å². The maximum absolute atomic E-state index is 11.3. The van der Waals surface area contributed by atoms with E-state index in [9.17, 15) is 9.59 Å². The van der Waals surface area contributed by atoms with Gasteiger partial charge in [-0.3, -0.25) is 10.1 Å². The molecule has 7 heteroatoms. The number of aryl methyl sites for hydroxylation is 1. The van der Waals surface area contributed by atoms with Gasteiger partial charge in [-0.15, -0.1) is 0 Å². The largest absolute Gasteiger partial charge is 0.351 e. The maximum Gasteiger partial charge on any atom is 0.318 e. The molecule has 2 aromatic rings. The lowest BCUT2D eigenvalue weighted by Gasteiger charge is -2.01. The molecule has 18 heavy (non-hydrogen) atoms. The van der Waals surface area contributed by atoms with E-state index < -0.39 is 11.9 Å². The summed E-state index contributed by atoms with van der Waals surface area (Å²) >= 11 is 1.25. The highest BCUT2D eigenvalue weighted by atomic mass is 32.2. The molecule has 0 atom stereocenters. The van der Waals surface area contributed by atoms with Gasteiger partial charge in [0.1, 0.15) is 0 Å². The van der Waals surface area contributed by atoms with Crippen LogP contribution in [0.25, 0.3) is 11.0 Å². The standard InChI is InChI=1S/C11H12N4O2S/c1-15-8-5-3-2-4-7(8)13-11(15)18-6-9(16)14-10(12)17/h2-5H,6H2,1H3,(H3,12,14,16,17). The number of aromatic nitrogens is 2. The molecule has 2 rings (SSSR count). The van der Waals surface area contributed by atoms with Crippen LogP contribution in [-0.4, -0.2) is 27.2 Å². The van der Waals surface area contributed by atoms with Gasteiger partial charge in [-0.1, -0.05) is 23.9 Å². The third-order valence-electron chi connectivity index (χ3n) is 2.34. The van der Waals surface area contributed by atoms with E-state index in [2.05, 4.69) is 4.98 Å². The Hall–Kier alpha value is -2.02. The number of imidazole rings is 1. The summed E-state index contributed by atoms with van der Waals surface area (Å²) in [5, 5.41) is 2.73. The summed E-state index contributed by atoms with van der Waals surface area (Å²) in [4.78, 5) is 26.2. The van der Waals surface area contributed by atoms with E-state index in [0.29, 0.717) is 0 Å². The Morgan fingerprint density at radius 1 is 1.44 bits per heavy atom. The minimum atomic E-state index is -0.842. The molecule has 0 saturated heterocycles. The number of rotatable bonds is 3. The fraction of sp³-hybridized carbons (Fsp3) is 0.182. The third kappa shape index (κ3) is 2.62. The molecule has 0 radical (unpaired) electrons. The molecule has 1 heterocycles. The van der Waals surface area contributed by atoms with Gasteiger partial charge < -0.3 is 10.3 Å². The molecule has 0 unspecified atom stereocenters. The normalized spacial score (nSPS) is 10.5. The van der Waals surface area contributed by atoms with Crippen LogP contribution >= 0.6 is 11.8 Å². The number of nitrogens with two attached hydrogens (primary N) is 1. The Balaban J connectivity index is 2.10. The molecule has 0 aliphatic heterocycles. The summed E-state index contributed by atoms with van der Waals surface area (Å²) in [6, 6.07) is 6.85. The van der Waals surface area contributed by atoms with Crippen molar-refractivity contribution in [1.82, 2.24) is 14.9 Å². The van der Waals surface area contributed by atoms with Gasteiger partial charge in [0.2, 0.25) is 5.91 Å². The quantitative estimate of drug-likeness (QED) is 0.804. The Labute approximate surface area is 108 Å². The lowest BCUT2D eigenvalue weighted by molar-refractivity contribution is -0.117. The van der Waals surface area contributed by atoms with Crippen molar-refractivity contribution >= 4 is 34.7 Å². The van der Waals surface area contributed by atoms with Crippen LogP contribution in [0.15, 0.2) is 29.4 Å².